The summed E-state index contributed by atoms with van der Waals surface area (Å²) in [4.78, 5) is 14.0. The third-order valence-corrected chi connectivity index (χ3v) is 8.51. The summed E-state index contributed by atoms with van der Waals surface area (Å²) in [7, 11) is 0. The number of hydrogen-bond acceptors (Lipinski definition) is 5. The quantitative estimate of drug-likeness (QED) is 0.243. The van der Waals surface area contributed by atoms with Gasteiger partial charge in [0.1, 0.15) is 23.3 Å². The molecule has 11 heteroatoms. The van der Waals surface area contributed by atoms with Crippen molar-refractivity contribution in [2.24, 2.45) is 5.41 Å². The lowest BCUT2D eigenvalue weighted by Crippen LogP contribution is -2.45. The highest BCUT2D eigenvalue weighted by atomic mass is 35.5. The molecule has 0 bridgehead atoms. The second kappa shape index (κ2) is 12.9. The molecule has 1 aliphatic rings. The topological polar surface area (TPSA) is 100 Å². The molecule has 1 fully saturated rings. The van der Waals surface area contributed by atoms with E-state index < -0.39 is 52.3 Å². The second-order valence-electron chi connectivity index (χ2n) is 11.6. The maximum Gasteiger partial charge on any atom is 0.242 e. The molecule has 1 heterocycles. The number of rotatable bonds is 8. The Morgan fingerprint density at radius 3 is 2.43 bits per heavy atom. The minimum Gasteiger partial charge on any atom is -0.598 e. The van der Waals surface area contributed by atoms with Gasteiger partial charge in [-0.3, -0.25) is 4.79 Å². The van der Waals surface area contributed by atoms with Crippen molar-refractivity contribution in [3.63, 3.8) is 0 Å². The van der Waals surface area contributed by atoms with E-state index in [4.69, 9.17) is 23.2 Å². The van der Waals surface area contributed by atoms with E-state index in [1.165, 1.54) is 30.5 Å². The standard InChI is InChI=1S/C31H32Cl2F2N4O2S/c1-30(2,3)15-25-31(17-36,22-13-10-19(32)14-24(22)34)26(21-6-5-7-23(33)27(21)35)28(39-25)29(40)38-20-11-8-18(9-12-20)16-37-42(4)41/h5-14,25-26,28,37,39H,15-16H2,1-4H3,(H,38,40)/t25-,26-,28+,31-,42?/m0/s1. The molecular formula is C31H32Cl2F2N4O2S. The van der Waals surface area contributed by atoms with Crippen LogP contribution in [0.3, 0.4) is 0 Å². The molecule has 3 N–H and O–H groups in total. The van der Waals surface area contributed by atoms with Gasteiger partial charge in [0, 0.05) is 39.6 Å². The van der Waals surface area contributed by atoms with Gasteiger partial charge < -0.3 is 15.2 Å². The van der Waals surface area contributed by atoms with Gasteiger partial charge in [0.2, 0.25) is 5.91 Å². The predicted octanol–water partition coefficient (Wildman–Crippen LogP) is 6.62. The molecule has 3 aromatic rings. The predicted molar refractivity (Wildman–Crippen MR) is 164 cm³/mol. The van der Waals surface area contributed by atoms with E-state index in [-0.39, 0.29) is 26.6 Å². The summed E-state index contributed by atoms with van der Waals surface area (Å²) < 4.78 is 45.7. The van der Waals surface area contributed by atoms with Crippen LogP contribution in [-0.2, 0) is 28.1 Å². The number of benzene rings is 3. The van der Waals surface area contributed by atoms with Gasteiger partial charge in [-0.2, -0.15) is 5.26 Å². The minimum absolute atomic E-state index is 0.0148. The smallest absolute Gasteiger partial charge is 0.242 e. The summed E-state index contributed by atoms with van der Waals surface area (Å²) in [5.41, 5.74) is -0.698. The average Bonchev–Trinajstić information content (AvgIpc) is 3.22. The Balaban J connectivity index is 1.84. The molecule has 1 amide bonds. The highest BCUT2D eigenvalue weighted by molar-refractivity contribution is 7.88. The zero-order chi connectivity index (χ0) is 30.8. The number of halogens is 4. The first-order valence-electron chi connectivity index (χ1n) is 13.3. The number of carbonyl (C=O) groups is 1. The van der Waals surface area contributed by atoms with Crippen molar-refractivity contribution < 1.29 is 18.1 Å². The van der Waals surface area contributed by atoms with Gasteiger partial charge in [-0.05, 0) is 53.3 Å². The summed E-state index contributed by atoms with van der Waals surface area (Å²) in [6.07, 6.45) is 1.90. The molecule has 1 unspecified atom stereocenters. The van der Waals surface area contributed by atoms with Gasteiger partial charge in [0.25, 0.3) is 0 Å². The maximum absolute atomic E-state index is 15.8. The van der Waals surface area contributed by atoms with Crippen molar-refractivity contribution in [3.05, 3.63) is 99.0 Å². The summed E-state index contributed by atoms with van der Waals surface area (Å²) in [5.74, 6) is -3.19. The van der Waals surface area contributed by atoms with Crippen LogP contribution < -0.4 is 15.4 Å². The van der Waals surface area contributed by atoms with Crippen molar-refractivity contribution >= 4 is 46.2 Å². The van der Waals surface area contributed by atoms with Crippen LogP contribution >= 0.6 is 23.2 Å². The Labute approximate surface area is 258 Å². The van der Waals surface area contributed by atoms with Crippen molar-refractivity contribution in [2.75, 3.05) is 11.6 Å². The lowest BCUT2D eigenvalue weighted by molar-refractivity contribution is -0.118. The number of nitriles is 1. The van der Waals surface area contributed by atoms with Crippen LogP contribution in [0, 0.1) is 28.4 Å². The molecule has 3 aromatic carbocycles. The van der Waals surface area contributed by atoms with E-state index in [0.717, 1.165) is 11.6 Å². The summed E-state index contributed by atoms with van der Waals surface area (Å²) in [6, 6.07) is 15.8. The monoisotopic (exact) mass is 632 g/mol. The largest absolute Gasteiger partial charge is 0.598 e. The van der Waals surface area contributed by atoms with E-state index >= 15 is 8.78 Å². The third-order valence-electron chi connectivity index (χ3n) is 7.43. The fourth-order valence-electron chi connectivity index (χ4n) is 5.67. The minimum atomic E-state index is -1.71. The fourth-order valence-corrected chi connectivity index (χ4v) is 6.38. The Kier molecular flexibility index (Phi) is 9.88. The number of nitrogens with zero attached hydrogens (tertiary/aromatic N) is 1. The molecule has 6 nitrogen and oxygen atoms in total. The van der Waals surface area contributed by atoms with Crippen LogP contribution in [0.2, 0.25) is 10.0 Å². The molecule has 42 heavy (non-hydrogen) atoms. The molecule has 1 saturated heterocycles. The van der Waals surface area contributed by atoms with Gasteiger partial charge in [0.15, 0.2) is 0 Å². The fraction of sp³-hybridized carbons (Fsp3) is 0.355. The van der Waals surface area contributed by atoms with Gasteiger partial charge in [-0.1, -0.05) is 74.3 Å². The molecule has 0 saturated carbocycles. The summed E-state index contributed by atoms with van der Waals surface area (Å²) >= 11 is 11.1. The molecule has 222 valence electrons. The molecule has 1 aliphatic heterocycles. The Hall–Kier alpha value is -2.71. The molecule has 0 aromatic heterocycles. The van der Waals surface area contributed by atoms with Gasteiger partial charge in [0.05, 0.1) is 23.7 Å². The molecule has 0 aliphatic carbocycles. The SMILES string of the molecule is C[S+]([O-])NCc1ccc(NC(=O)[C@@H]2N[C@@H](CC(C)(C)C)[C@](C#N)(c3ccc(Cl)cc3F)[C@H]2c2cccc(Cl)c2F)cc1. The van der Waals surface area contributed by atoms with Crippen LogP contribution in [-0.4, -0.2) is 28.8 Å². The first-order valence-corrected chi connectivity index (χ1v) is 15.6. The van der Waals surface area contributed by atoms with Crippen LogP contribution in [0.5, 0.6) is 0 Å². The highest BCUT2D eigenvalue weighted by Gasteiger charge is 2.61. The number of amides is 1. The van der Waals surface area contributed by atoms with Gasteiger partial charge in [-0.25, -0.2) is 8.78 Å². The van der Waals surface area contributed by atoms with Crippen LogP contribution in [0.25, 0.3) is 0 Å². The normalized spacial score (nSPS) is 22.9. The van der Waals surface area contributed by atoms with E-state index in [0.29, 0.717) is 18.7 Å². The van der Waals surface area contributed by atoms with Crippen molar-refractivity contribution in [3.8, 4) is 6.07 Å². The zero-order valence-electron chi connectivity index (χ0n) is 23.6. The maximum atomic E-state index is 15.8. The van der Waals surface area contributed by atoms with Gasteiger partial charge in [-0.15, -0.1) is 4.72 Å². The lowest BCUT2D eigenvalue weighted by Gasteiger charge is -2.37. The molecule has 5 atom stereocenters. The van der Waals surface area contributed by atoms with Crippen LogP contribution in [0.15, 0.2) is 60.7 Å². The first-order chi connectivity index (χ1) is 19.8. The third kappa shape index (κ3) is 6.75. The number of carbonyl (C=O) groups excluding carboxylic acids is 1. The molecule has 4 rings (SSSR count). The summed E-state index contributed by atoms with van der Waals surface area (Å²) in [6.45, 7) is 6.30. The van der Waals surface area contributed by atoms with E-state index in [9.17, 15) is 14.6 Å². The average molecular weight is 634 g/mol. The molecular weight excluding hydrogens is 601 g/mol. The van der Waals surface area contributed by atoms with Crippen molar-refractivity contribution in [1.82, 2.24) is 10.0 Å². The number of nitrogens with one attached hydrogen (secondary N) is 3. The zero-order valence-corrected chi connectivity index (χ0v) is 25.9. The molecule has 0 spiro atoms. The van der Waals surface area contributed by atoms with E-state index in [1.807, 2.05) is 20.8 Å². The number of hydrogen-bond donors (Lipinski definition) is 3. The van der Waals surface area contributed by atoms with E-state index in [1.54, 1.807) is 30.3 Å². The lowest BCUT2D eigenvalue weighted by atomic mass is 9.62. The first kappa shape index (κ1) is 32.2. The van der Waals surface area contributed by atoms with E-state index in [2.05, 4.69) is 21.4 Å². The Morgan fingerprint density at radius 1 is 1.14 bits per heavy atom. The number of anilines is 1. The summed E-state index contributed by atoms with van der Waals surface area (Å²) in [5, 5.41) is 17.1. The van der Waals surface area contributed by atoms with Gasteiger partial charge >= 0.3 is 0 Å². The Bertz CT molecular complexity index is 1490. The molecule has 0 radical (unpaired) electrons. The van der Waals surface area contributed by atoms with Crippen molar-refractivity contribution in [1.29, 1.82) is 5.26 Å². The van der Waals surface area contributed by atoms with Crippen LogP contribution in [0.1, 0.15) is 49.8 Å². The second-order valence-corrected chi connectivity index (χ2v) is 13.7. The highest BCUT2D eigenvalue weighted by Crippen LogP contribution is 2.52. The van der Waals surface area contributed by atoms with Crippen LogP contribution in [0.4, 0.5) is 14.5 Å². The Morgan fingerprint density at radius 2 is 1.83 bits per heavy atom. The van der Waals surface area contributed by atoms with Crippen molar-refractivity contribution in [2.45, 2.75) is 57.2 Å².